The van der Waals surface area contributed by atoms with E-state index in [1.807, 2.05) is 0 Å². The van der Waals surface area contributed by atoms with Crippen LogP contribution in [-0.4, -0.2) is 42.3 Å². The number of aliphatic hydroxyl groups excluding tert-OH is 1. The van der Waals surface area contributed by atoms with Gasteiger partial charge in [0.1, 0.15) is 0 Å². The minimum atomic E-state index is -0.256. The van der Waals surface area contributed by atoms with Crippen LogP contribution in [0.1, 0.15) is 30.9 Å². The molecule has 0 saturated carbocycles. The zero-order valence-electron chi connectivity index (χ0n) is 11.9. The van der Waals surface area contributed by atoms with E-state index >= 15 is 0 Å². The van der Waals surface area contributed by atoms with Crippen molar-refractivity contribution in [2.24, 2.45) is 0 Å². The number of nitrogens with zero attached hydrogens (tertiary/aromatic N) is 1. The van der Waals surface area contributed by atoms with E-state index in [-0.39, 0.29) is 6.10 Å². The van der Waals surface area contributed by atoms with Gasteiger partial charge in [0, 0.05) is 19.6 Å². The molecular formula is C16H26N2O. The summed E-state index contributed by atoms with van der Waals surface area (Å²) in [6.07, 6.45) is 3.39. The predicted molar refractivity (Wildman–Crippen MR) is 79.2 cm³/mol. The van der Waals surface area contributed by atoms with Gasteiger partial charge >= 0.3 is 0 Å². The third-order valence-electron chi connectivity index (χ3n) is 3.81. The highest BCUT2D eigenvalue weighted by atomic mass is 16.3. The first-order chi connectivity index (χ1) is 9.28. The van der Waals surface area contributed by atoms with Crippen LogP contribution in [-0.2, 0) is 13.0 Å². The Balaban J connectivity index is 1.64. The molecule has 0 amide bonds. The summed E-state index contributed by atoms with van der Waals surface area (Å²) in [7, 11) is 0. The zero-order chi connectivity index (χ0) is 13.5. The molecule has 1 atom stereocenters. The summed E-state index contributed by atoms with van der Waals surface area (Å²) in [6.45, 7) is 6.78. The molecule has 0 aliphatic carbocycles. The first-order valence-electron chi connectivity index (χ1n) is 7.47. The van der Waals surface area contributed by atoms with Gasteiger partial charge in [-0.05, 0) is 43.5 Å². The van der Waals surface area contributed by atoms with Crippen molar-refractivity contribution in [2.45, 2.75) is 38.8 Å². The lowest BCUT2D eigenvalue weighted by atomic mass is 10.1. The first-order valence-corrected chi connectivity index (χ1v) is 7.47. The van der Waals surface area contributed by atoms with Crippen molar-refractivity contribution in [3.63, 3.8) is 0 Å². The largest absolute Gasteiger partial charge is 0.390 e. The molecule has 3 heteroatoms. The highest BCUT2D eigenvalue weighted by Crippen LogP contribution is 2.08. The second kappa shape index (κ2) is 7.63. The number of nitrogens with one attached hydrogen (secondary N) is 1. The molecule has 1 aromatic rings. The lowest BCUT2D eigenvalue weighted by Crippen LogP contribution is -2.36. The predicted octanol–water partition coefficient (Wildman–Crippen LogP) is 1.80. The van der Waals surface area contributed by atoms with Crippen LogP contribution in [0.4, 0.5) is 0 Å². The second-order valence-electron chi connectivity index (χ2n) is 5.46. The van der Waals surface area contributed by atoms with E-state index in [9.17, 15) is 5.11 Å². The molecule has 3 nitrogen and oxygen atoms in total. The summed E-state index contributed by atoms with van der Waals surface area (Å²) in [4.78, 5) is 2.35. The maximum absolute atomic E-state index is 9.97. The Labute approximate surface area is 116 Å². The molecule has 0 bridgehead atoms. The maximum Gasteiger partial charge on any atom is 0.0791 e. The number of hydrogen-bond acceptors (Lipinski definition) is 3. The molecule has 1 heterocycles. The molecular weight excluding hydrogens is 236 g/mol. The van der Waals surface area contributed by atoms with Gasteiger partial charge in [0.05, 0.1) is 6.10 Å². The first kappa shape index (κ1) is 14.5. The number of aryl methyl sites for hydroxylation is 1. The molecule has 1 aliphatic rings. The molecule has 1 fully saturated rings. The Morgan fingerprint density at radius 1 is 1.16 bits per heavy atom. The molecule has 0 aromatic heterocycles. The van der Waals surface area contributed by atoms with Crippen molar-refractivity contribution >= 4 is 0 Å². The Morgan fingerprint density at radius 2 is 1.79 bits per heavy atom. The van der Waals surface area contributed by atoms with Crippen LogP contribution in [0.25, 0.3) is 0 Å². The van der Waals surface area contributed by atoms with Gasteiger partial charge in [-0.25, -0.2) is 0 Å². The molecule has 0 spiro atoms. The molecule has 2 N–H and O–H groups in total. The Morgan fingerprint density at radius 3 is 2.42 bits per heavy atom. The van der Waals surface area contributed by atoms with Gasteiger partial charge in [0.15, 0.2) is 0 Å². The van der Waals surface area contributed by atoms with Crippen LogP contribution in [0, 0.1) is 0 Å². The van der Waals surface area contributed by atoms with Crippen LogP contribution < -0.4 is 5.32 Å². The summed E-state index contributed by atoms with van der Waals surface area (Å²) in [6, 6.07) is 8.69. The molecule has 19 heavy (non-hydrogen) atoms. The molecule has 1 unspecified atom stereocenters. The fourth-order valence-corrected chi connectivity index (χ4v) is 2.60. The Hall–Kier alpha value is -0.900. The number of aliphatic hydroxyl groups is 1. The average Bonchev–Trinajstić information content (AvgIpc) is 2.92. The quantitative estimate of drug-likeness (QED) is 0.786. The van der Waals surface area contributed by atoms with E-state index in [0.29, 0.717) is 6.54 Å². The van der Waals surface area contributed by atoms with Crippen LogP contribution >= 0.6 is 0 Å². The van der Waals surface area contributed by atoms with Gasteiger partial charge in [-0.1, -0.05) is 31.2 Å². The van der Waals surface area contributed by atoms with Gasteiger partial charge in [-0.2, -0.15) is 0 Å². The number of benzene rings is 1. The van der Waals surface area contributed by atoms with Crippen LogP contribution in [0.5, 0.6) is 0 Å². The van der Waals surface area contributed by atoms with Crippen LogP contribution in [0.3, 0.4) is 0 Å². The van der Waals surface area contributed by atoms with Crippen LogP contribution in [0.2, 0.25) is 0 Å². The van der Waals surface area contributed by atoms with E-state index in [2.05, 4.69) is 41.4 Å². The van der Waals surface area contributed by atoms with Crippen molar-refractivity contribution in [1.29, 1.82) is 0 Å². The summed E-state index contributed by atoms with van der Waals surface area (Å²) < 4.78 is 0. The minimum Gasteiger partial charge on any atom is -0.390 e. The molecule has 106 valence electrons. The third kappa shape index (κ3) is 4.94. The number of hydrogen-bond donors (Lipinski definition) is 2. The smallest absolute Gasteiger partial charge is 0.0791 e. The molecule has 2 rings (SSSR count). The van der Waals surface area contributed by atoms with E-state index in [4.69, 9.17) is 0 Å². The minimum absolute atomic E-state index is 0.256. The summed E-state index contributed by atoms with van der Waals surface area (Å²) in [5, 5.41) is 13.3. The molecule has 0 radical (unpaired) electrons. The Bertz CT molecular complexity index is 358. The van der Waals surface area contributed by atoms with E-state index in [1.54, 1.807) is 0 Å². The summed E-state index contributed by atoms with van der Waals surface area (Å²) in [5.41, 5.74) is 2.66. The Kier molecular flexibility index (Phi) is 5.83. The second-order valence-corrected chi connectivity index (χ2v) is 5.46. The highest BCUT2D eigenvalue weighted by molar-refractivity contribution is 5.22. The lowest BCUT2D eigenvalue weighted by Gasteiger charge is -2.19. The standard InChI is InChI=1S/C16H26N2O/c1-2-14-5-7-15(8-6-14)11-17-12-16(19)13-18-9-3-4-10-18/h5-8,16-17,19H,2-4,9-13H2,1H3. The van der Waals surface area contributed by atoms with Crippen molar-refractivity contribution < 1.29 is 5.11 Å². The number of β-amino-alcohol motifs (C(OH)–C–C–N with tert-alkyl or cyclic N) is 1. The van der Waals surface area contributed by atoms with E-state index in [0.717, 1.165) is 32.6 Å². The van der Waals surface area contributed by atoms with Gasteiger partial charge in [-0.3, -0.25) is 0 Å². The lowest BCUT2D eigenvalue weighted by molar-refractivity contribution is 0.123. The summed E-state index contributed by atoms with van der Waals surface area (Å²) in [5.74, 6) is 0. The third-order valence-corrected chi connectivity index (χ3v) is 3.81. The highest BCUT2D eigenvalue weighted by Gasteiger charge is 2.15. The van der Waals surface area contributed by atoms with Gasteiger partial charge in [0.2, 0.25) is 0 Å². The van der Waals surface area contributed by atoms with Crippen molar-refractivity contribution in [2.75, 3.05) is 26.2 Å². The van der Waals surface area contributed by atoms with Gasteiger partial charge < -0.3 is 15.3 Å². The van der Waals surface area contributed by atoms with E-state index < -0.39 is 0 Å². The monoisotopic (exact) mass is 262 g/mol. The number of rotatable bonds is 7. The molecule has 1 saturated heterocycles. The van der Waals surface area contributed by atoms with Gasteiger partial charge in [-0.15, -0.1) is 0 Å². The van der Waals surface area contributed by atoms with Crippen LogP contribution in [0.15, 0.2) is 24.3 Å². The maximum atomic E-state index is 9.97. The SMILES string of the molecule is CCc1ccc(CNCC(O)CN2CCCC2)cc1. The van der Waals surface area contributed by atoms with Crippen molar-refractivity contribution in [1.82, 2.24) is 10.2 Å². The number of likely N-dealkylation sites (tertiary alicyclic amines) is 1. The van der Waals surface area contributed by atoms with Crippen molar-refractivity contribution in [3.05, 3.63) is 35.4 Å². The summed E-state index contributed by atoms with van der Waals surface area (Å²) >= 11 is 0. The average molecular weight is 262 g/mol. The fraction of sp³-hybridized carbons (Fsp3) is 0.625. The normalized spacial score (nSPS) is 17.8. The fourth-order valence-electron chi connectivity index (χ4n) is 2.60. The molecule has 1 aliphatic heterocycles. The zero-order valence-corrected chi connectivity index (χ0v) is 11.9. The van der Waals surface area contributed by atoms with Crippen molar-refractivity contribution in [3.8, 4) is 0 Å². The molecule has 1 aromatic carbocycles. The van der Waals surface area contributed by atoms with Gasteiger partial charge in [0.25, 0.3) is 0 Å². The van der Waals surface area contributed by atoms with E-state index in [1.165, 1.54) is 24.0 Å². The topological polar surface area (TPSA) is 35.5 Å².